The highest BCUT2D eigenvalue weighted by Gasteiger charge is 2.34. The molecule has 0 radical (unpaired) electrons. The molecule has 0 saturated carbocycles. The molecule has 1 heterocycles. The number of hydrogen-bond acceptors (Lipinski definition) is 6. The lowest BCUT2D eigenvalue weighted by Crippen LogP contribution is -2.53. The average molecular weight is 582 g/mol. The molecule has 0 aliphatic carbocycles. The number of amides is 3. The summed E-state index contributed by atoms with van der Waals surface area (Å²) < 4.78 is 65.1. The second-order valence-corrected chi connectivity index (χ2v) is 10.0. The fraction of sp³-hybridized carbons (Fsp3) is 0.429. The van der Waals surface area contributed by atoms with Crippen LogP contribution in [0.4, 0.5) is 22.4 Å². The lowest BCUT2D eigenvalue weighted by atomic mass is 9.95. The van der Waals surface area contributed by atoms with Crippen molar-refractivity contribution in [2.75, 3.05) is 13.2 Å². The number of nitrogens with one attached hydrogen (secondary N) is 3. The van der Waals surface area contributed by atoms with Crippen molar-refractivity contribution in [2.45, 2.75) is 51.8 Å². The molecule has 2 aromatic carbocycles. The summed E-state index contributed by atoms with van der Waals surface area (Å²) in [5, 5.41) is 7.56. The largest absolute Gasteiger partial charge is 0.479 e. The predicted octanol–water partition coefficient (Wildman–Crippen LogP) is 3.54. The Bertz CT molecular complexity index is 1230. The van der Waals surface area contributed by atoms with Crippen LogP contribution in [-0.4, -0.2) is 48.9 Å². The van der Waals surface area contributed by atoms with Crippen LogP contribution in [0.3, 0.4) is 0 Å². The molecule has 41 heavy (non-hydrogen) atoms. The van der Waals surface area contributed by atoms with Gasteiger partial charge in [-0.3, -0.25) is 14.4 Å². The van der Waals surface area contributed by atoms with Crippen molar-refractivity contribution in [3.8, 4) is 5.75 Å². The van der Waals surface area contributed by atoms with Gasteiger partial charge >= 0.3 is 6.09 Å². The predicted molar refractivity (Wildman–Crippen MR) is 137 cm³/mol. The molecule has 2 unspecified atom stereocenters. The maximum absolute atomic E-state index is 14.0. The van der Waals surface area contributed by atoms with Crippen LogP contribution in [0.15, 0.2) is 36.4 Å². The fourth-order valence-electron chi connectivity index (χ4n) is 4.23. The van der Waals surface area contributed by atoms with Crippen LogP contribution >= 0.6 is 0 Å². The van der Waals surface area contributed by atoms with Gasteiger partial charge in [-0.05, 0) is 30.7 Å². The van der Waals surface area contributed by atoms with Crippen molar-refractivity contribution in [1.29, 1.82) is 0 Å². The van der Waals surface area contributed by atoms with Gasteiger partial charge in [0.25, 0.3) is 0 Å². The van der Waals surface area contributed by atoms with Crippen molar-refractivity contribution in [3.63, 3.8) is 0 Å². The normalized spacial score (nSPS) is 16.1. The van der Waals surface area contributed by atoms with E-state index in [1.165, 1.54) is 0 Å². The Morgan fingerprint density at radius 3 is 2.24 bits per heavy atom. The van der Waals surface area contributed by atoms with E-state index in [1.807, 2.05) is 0 Å². The van der Waals surface area contributed by atoms with Crippen molar-refractivity contribution >= 4 is 23.7 Å². The summed E-state index contributed by atoms with van der Waals surface area (Å²) >= 11 is 0. The third-order valence-corrected chi connectivity index (χ3v) is 6.35. The van der Waals surface area contributed by atoms with Gasteiger partial charge in [0.15, 0.2) is 23.2 Å². The maximum atomic E-state index is 14.0. The zero-order chi connectivity index (χ0) is 30.1. The molecule has 222 valence electrons. The lowest BCUT2D eigenvalue weighted by Gasteiger charge is -2.25. The second kappa shape index (κ2) is 14.5. The Morgan fingerprint density at radius 1 is 1.00 bits per heavy atom. The quantitative estimate of drug-likeness (QED) is 0.246. The molecular formula is C28H31F4N3O6. The summed E-state index contributed by atoms with van der Waals surface area (Å²) in [4.78, 5) is 50.9. The number of benzene rings is 2. The fourth-order valence-corrected chi connectivity index (χ4v) is 4.23. The summed E-state index contributed by atoms with van der Waals surface area (Å²) in [6, 6.07) is 6.30. The Kier molecular flexibility index (Phi) is 11.1. The number of ketones is 1. The van der Waals surface area contributed by atoms with E-state index in [-0.39, 0.29) is 37.3 Å². The number of rotatable bonds is 13. The molecule has 13 heteroatoms. The van der Waals surface area contributed by atoms with Gasteiger partial charge in [-0.15, -0.1) is 0 Å². The molecule has 1 fully saturated rings. The van der Waals surface area contributed by atoms with E-state index < -0.39 is 71.4 Å². The molecule has 0 aromatic heterocycles. The SMILES string of the molecule is CC(C)C[C@H](NC(=O)OCc1ccccc1)C(=O)NC(CC1CCNC1=O)C(=O)COc1c(F)c(F)cc(F)c1F. The smallest absolute Gasteiger partial charge is 0.408 e. The van der Waals surface area contributed by atoms with Crippen LogP contribution in [0.1, 0.15) is 38.7 Å². The molecule has 1 saturated heterocycles. The van der Waals surface area contributed by atoms with Crippen LogP contribution in [0, 0.1) is 35.1 Å². The lowest BCUT2D eigenvalue weighted by molar-refractivity contribution is -0.131. The van der Waals surface area contributed by atoms with Crippen molar-refractivity contribution < 1.29 is 46.2 Å². The summed E-state index contributed by atoms with van der Waals surface area (Å²) in [5.74, 6) is -11.3. The zero-order valence-electron chi connectivity index (χ0n) is 22.5. The Balaban J connectivity index is 1.72. The molecule has 2 aromatic rings. The topological polar surface area (TPSA) is 123 Å². The van der Waals surface area contributed by atoms with Crippen LogP contribution in [-0.2, 0) is 25.7 Å². The minimum Gasteiger partial charge on any atom is -0.479 e. The second-order valence-electron chi connectivity index (χ2n) is 10.0. The number of hydrogen-bond donors (Lipinski definition) is 3. The standard InChI is InChI=1S/C28H31F4N3O6/c1-15(2)10-21(35-28(39)41-13-16-6-4-3-5-7-16)27(38)34-20(11-17-8-9-33-26(17)37)22(36)14-40-25-23(31)18(29)12-19(30)24(25)32/h3-7,12,15,17,20-21H,8-11,13-14H2,1-2H3,(H,33,37)(H,34,38)(H,35,39)/t17?,20?,21-/m0/s1. The van der Waals surface area contributed by atoms with E-state index in [4.69, 9.17) is 9.47 Å². The third kappa shape index (κ3) is 8.92. The van der Waals surface area contributed by atoms with Gasteiger partial charge in [0.1, 0.15) is 19.3 Å². The van der Waals surface area contributed by atoms with E-state index in [2.05, 4.69) is 16.0 Å². The number of alkyl carbamates (subject to hydrolysis) is 1. The summed E-state index contributed by atoms with van der Waals surface area (Å²) in [7, 11) is 0. The van der Waals surface area contributed by atoms with E-state index in [9.17, 15) is 36.7 Å². The number of ether oxygens (including phenoxy) is 2. The Hall–Kier alpha value is -4.16. The minimum atomic E-state index is -1.83. The highest BCUT2D eigenvalue weighted by molar-refractivity contribution is 5.93. The van der Waals surface area contributed by atoms with Crippen LogP contribution in [0.2, 0.25) is 0 Å². The highest BCUT2D eigenvalue weighted by Crippen LogP contribution is 2.27. The molecule has 1 aliphatic rings. The van der Waals surface area contributed by atoms with E-state index in [0.29, 0.717) is 13.0 Å². The molecule has 3 atom stereocenters. The minimum absolute atomic E-state index is 0.00615. The van der Waals surface area contributed by atoms with E-state index in [0.717, 1.165) is 5.56 Å². The van der Waals surface area contributed by atoms with Gasteiger partial charge in [0, 0.05) is 18.5 Å². The molecule has 1 aliphatic heterocycles. The highest BCUT2D eigenvalue weighted by atomic mass is 19.2. The van der Waals surface area contributed by atoms with Gasteiger partial charge in [0.2, 0.25) is 23.4 Å². The van der Waals surface area contributed by atoms with Crippen LogP contribution in [0.25, 0.3) is 0 Å². The van der Waals surface area contributed by atoms with Crippen LogP contribution in [0.5, 0.6) is 5.75 Å². The Morgan fingerprint density at radius 2 is 1.66 bits per heavy atom. The Labute approximate surface area is 234 Å². The van der Waals surface area contributed by atoms with Crippen molar-refractivity contribution in [2.24, 2.45) is 11.8 Å². The maximum Gasteiger partial charge on any atom is 0.408 e. The monoisotopic (exact) mass is 581 g/mol. The van der Waals surface area contributed by atoms with Gasteiger partial charge in [-0.1, -0.05) is 44.2 Å². The third-order valence-electron chi connectivity index (χ3n) is 6.35. The average Bonchev–Trinajstić information content (AvgIpc) is 3.34. The number of Topliss-reactive ketones (excluding diaryl/α,β-unsaturated/α-hetero) is 1. The van der Waals surface area contributed by atoms with Gasteiger partial charge < -0.3 is 25.4 Å². The first-order chi connectivity index (χ1) is 19.5. The number of carbonyl (C=O) groups is 4. The molecule has 3 amide bonds. The van der Waals surface area contributed by atoms with Crippen molar-refractivity contribution in [1.82, 2.24) is 16.0 Å². The van der Waals surface area contributed by atoms with Gasteiger partial charge in [0.05, 0.1) is 6.04 Å². The van der Waals surface area contributed by atoms with Crippen LogP contribution < -0.4 is 20.7 Å². The van der Waals surface area contributed by atoms with Crippen molar-refractivity contribution in [3.05, 3.63) is 65.2 Å². The molecule has 0 bridgehead atoms. The molecule has 3 rings (SSSR count). The van der Waals surface area contributed by atoms with Gasteiger partial charge in [-0.2, -0.15) is 8.78 Å². The first kappa shape index (κ1) is 31.4. The van der Waals surface area contributed by atoms with Gasteiger partial charge in [-0.25, -0.2) is 13.6 Å². The molecule has 3 N–H and O–H groups in total. The molecule has 0 spiro atoms. The van der Waals surface area contributed by atoms with E-state index >= 15 is 0 Å². The first-order valence-electron chi connectivity index (χ1n) is 13.0. The zero-order valence-corrected chi connectivity index (χ0v) is 22.5. The first-order valence-corrected chi connectivity index (χ1v) is 13.0. The molecule has 9 nitrogen and oxygen atoms in total. The number of carbonyl (C=O) groups excluding carboxylic acids is 4. The number of halogens is 4. The summed E-state index contributed by atoms with van der Waals surface area (Å²) in [6.07, 6.45) is -0.547. The molecular weight excluding hydrogens is 550 g/mol. The summed E-state index contributed by atoms with van der Waals surface area (Å²) in [6.45, 7) is 2.83. The van der Waals surface area contributed by atoms with E-state index in [1.54, 1.807) is 44.2 Å². The summed E-state index contributed by atoms with van der Waals surface area (Å²) in [5.41, 5.74) is 0.721.